The van der Waals surface area contributed by atoms with Crippen LogP contribution in [0.4, 0.5) is 0 Å². The third-order valence-corrected chi connectivity index (χ3v) is 3.82. The quantitative estimate of drug-likeness (QED) is 0.876. The van der Waals surface area contributed by atoms with Gasteiger partial charge in [0.2, 0.25) is 0 Å². The van der Waals surface area contributed by atoms with Crippen molar-refractivity contribution in [2.75, 3.05) is 20.2 Å². The van der Waals surface area contributed by atoms with Crippen molar-refractivity contribution in [1.82, 2.24) is 14.9 Å². The van der Waals surface area contributed by atoms with Gasteiger partial charge in [0, 0.05) is 12.6 Å². The Kier molecular flexibility index (Phi) is 3.29. The molecule has 5 heteroatoms. The lowest BCUT2D eigenvalue weighted by molar-refractivity contribution is 0.337. The van der Waals surface area contributed by atoms with Gasteiger partial charge in [-0.2, -0.15) is 0 Å². The monoisotopic (exact) mass is 261 g/mol. The lowest BCUT2D eigenvalue weighted by Gasteiger charge is -2.22. The molecular formula is C14H19N3O2. The lowest BCUT2D eigenvalue weighted by Crippen LogP contribution is -2.34. The number of H-pyrrole nitrogens is 1. The van der Waals surface area contributed by atoms with E-state index in [4.69, 9.17) is 4.74 Å². The summed E-state index contributed by atoms with van der Waals surface area (Å²) in [6, 6.07) is 5.71. The van der Waals surface area contributed by atoms with Gasteiger partial charge in [-0.25, -0.2) is 4.79 Å². The zero-order chi connectivity index (χ0) is 13.2. The molecule has 1 aromatic carbocycles. The molecule has 1 aliphatic rings. The van der Waals surface area contributed by atoms with E-state index in [1.54, 1.807) is 7.11 Å². The van der Waals surface area contributed by atoms with E-state index >= 15 is 0 Å². The Labute approximate surface area is 111 Å². The van der Waals surface area contributed by atoms with Crippen molar-refractivity contribution in [1.29, 1.82) is 0 Å². The summed E-state index contributed by atoms with van der Waals surface area (Å²) in [7, 11) is 1.63. The topological polar surface area (TPSA) is 59.1 Å². The number of methoxy groups -OCH3 is 1. The molecule has 102 valence electrons. The summed E-state index contributed by atoms with van der Waals surface area (Å²) in [5.41, 5.74) is 1.76. The fraction of sp³-hybridized carbons (Fsp3) is 0.500. The van der Waals surface area contributed by atoms with Crippen LogP contribution in [-0.4, -0.2) is 29.8 Å². The molecule has 1 aromatic heterocycles. The molecule has 2 aromatic rings. The van der Waals surface area contributed by atoms with Crippen LogP contribution in [-0.2, 0) is 6.54 Å². The largest absolute Gasteiger partial charge is 0.497 e. The minimum Gasteiger partial charge on any atom is -0.497 e. The number of rotatable bonds is 3. The highest BCUT2D eigenvalue weighted by atomic mass is 16.5. The maximum Gasteiger partial charge on any atom is 0.326 e. The Morgan fingerprint density at radius 1 is 1.47 bits per heavy atom. The van der Waals surface area contributed by atoms with Gasteiger partial charge >= 0.3 is 5.69 Å². The van der Waals surface area contributed by atoms with Crippen LogP contribution in [0.3, 0.4) is 0 Å². The molecule has 0 amide bonds. The van der Waals surface area contributed by atoms with Gasteiger partial charge in [0.25, 0.3) is 0 Å². The second-order valence-corrected chi connectivity index (χ2v) is 5.14. The molecule has 2 heterocycles. The molecule has 0 spiro atoms. The van der Waals surface area contributed by atoms with Gasteiger partial charge in [-0.3, -0.25) is 4.57 Å². The molecule has 19 heavy (non-hydrogen) atoms. The smallest absolute Gasteiger partial charge is 0.326 e. The minimum atomic E-state index is -0.0335. The molecule has 0 radical (unpaired) electrons. The van der Waals surface area contributed by atoms with Crippen molar-refractivity contribution in [3.63, 3.8) is 0 Å². The van der Waals surface area contributed by atoms with Crippen LogP contribution in [0.25, 0.3) is 11.0 Å². The number of nitrogens with zero attached hydrogens (tertiary/aromatic N) is 1. The van der Waals surface area contributed by atoms with Crippen LogP contribution in [0.2, 0.25) is 0 Å². The average molecular weight is 261 g/mol. The molecule has 1 fully saturated rings. The Balaban J connectivity index is 1.93. The number of ether oxygens (including phenoxy) is 1. The molecule has 2 N–H and O–H groups in total. The van der Waals surface area contributed by atoms with Gasteiger partial charge in [0.05, 0.1) is 18.1 Å². The van der Waals surface area contributed by atoms with Crippen LogP contribution in [0.1, 0.15) is 12.8 Å². The van der Waals surface area contributed by atoms with Gasteiger partial charge in [0.15, 0.2) is 0 Å². The van der Waals surface area contributed by atoms with E-state index in [-0.39, 0.29) is 5.69 Å². The molecular weight excluding hydrogens is 242 g/mol. The van der Waals surface area contributed by atoms with Crippen molar-refractivity contribution < 1.29 is 4.74 Å². The molecule has 3 rings (SSSR count). The molecule has 1 unspecified atom stereocenters. The van der Waals surface area contributed by atoms with Gasteiger partial charge in [0.1, 0.15) is 5.75 Å². The number of imidazole rings is 1. The predicted molar refractivity (Wildman–Crippen MR) is 74.7 cm³/mol. The predicted octanol–water partition coefficient (Wildman–Crippen LogP) is 1.34. The second kappa shape index (κ2) is 5.09. The first-order valence-corrected chi connectivity index (χ1v) is 6.75. The summed E-state index contributed by atoms with van der Waals surface area (Å²) in [6.45, 7) is 2.86. The Morgan fingerprint density at radius 3 is 3.11 bits per heavy atom. The fourth-order valence-electron chi connectivity index (χ4n) is 2.79. The molecule has 1 atom stereocenters. The highest BCUT2D eigenvalue weighted by Crippen LogP contribution is 2.20. The summed E-state index contributed by atoms with van der Waals surface area (Å²) in [5, 5.41) is 3.39. The summed E-state index contributed by atoms with van der Waals surface area (Å²) < 4.78 is 7.02. The van der Waals surface area contributed by atoms with Crippen molar-refractivity contribution in [2.45, 2.75) is 19.4 Å². The SMILES string of the molecule is COc1ccc2c(c1)[nH]c(=O)n2CC1CCCNC1. The minimum absolute atomic E-state index is 0.0335. The maximum absolute atomic E-state index is 12.1. The maximum atomic E-state index is 12.1. The summed E-state index contributed by atoms with van der Waals surface area (Å²) in [4.78, 5) is 15.0. The van der Waals surface area contributed by atoms with Gasteiger partial charge < -0.3 is 15.0 Å². The first-order valence-electron chi connectivity index (χ1n) is 6.75. The van der Waals surface area contributed by atoms with Crippen molar-refractivity contribution >= 4 is 11.0 Å². The number of aromatic nitrogens is 2. The number of aromatic amines is 1. The lowest BCUT2D eigenvalue weighted by atomic mass is 10.00. The first kappa shape index (κ1) is 12.3. The van der Waals surface area contributed by atoms with Crippen LogP contribution in [0.15, 0.2) is 23.0 Å². The summed E-state index contributed by atoms with van der Waals surface area (Å²) in [6.07, 6.45) is 2.37. The Bertz CT molecular complexity index is 623. The van der Waals surface area contributed by atoms with E-state index in [1.165, 1.54) is 12.8 Å². The fourth-order valence-corrected chi connectivity index (χ4v) is 2.79. The van der Waals surface area contributed by atoms with E-state index in [9.17, 15) is 4.79 Å². The van der Waals surface area contributed by atoms with E-state index in [2.05, 4.69) is 10.3 Å². The van der Waals surface area contributed by atoms with Crippen molar-refractivity contribution in [2.24, 2.45) is 5.92 Å². The molecule has 0 bridgehead atoms. The van der Waals surface area contributed by atoms with Crippen LogP contribution in [0, 0.1) is 5.92 Å². The van der Waals surface area contributed by atoms with Crippen LogP contribution >= 0.6 is 0 Å². The van der Waals surface area contributed by atoms with Crippen molar-refractivity contribution in [3.05, 3.63) is 28.7 Å². The Hall–Kier alpha value is -1.75. The van der Waals surface area contributed by atoms with Crippen LogP contribution in [0.5, 0.6) is 5.75 Å². The third-order valence-electron chi connectivity index (χ3n) is 3.82. The average Bonchev–Trinajstić information content (AvgIpc) is 2.75. The molecule has 1 saturated heterocycles. The van der Waals surface area contributed by atoms with Crippen molar-refractivity contribution in [3.8, 4) is 5.75 Å². The number of fused-ring (bicyclic) bond motifs is 1. The number of nitrogens with one attached hydrogen (secondary N) is 2. The van der Waals surface area contributed by atoms with E-state index in [0.29, 0.717) is 5.92 Å². The molecule has 0 aliphatic carbocycles. The van der Waals surface area contributed by atoms with Gasteiger partial charge in [-0.1, -0.05) is 0 Å². The van der Waals surface area contributed by atoms with E-state index in [0.717, 1.165) is 36.4 Å². The highest BCUT2D eigenvalue weighted by molar-refractivity contribution is 5.76. The zero-order valence-corrected chi connectivity index (χ0v) is 11.1. The third kappa shape index (κ3) is 2.38. The number of benzene rings is 1. The summed E-state index contributed by atoms with van der Waals surface area (Å²) in [5.74, 6) is 1.30. The number of hydrogen-bond donors (Lipinski definition) is 2. The highest BCUT2D eigenvalue weighted by Gasteiger charge is 2.16. The van der Waals surface area contributed by atoms with E-state index < -0.39 is 0 Å². The summed E-state index contributed by atoms with van der Waals surface area (Å²) >= 11 is 0. The van der Waals surface area contributed by atoms with E-state index in [1.807, 2.05) is 22.8 Å². The van der Waals surface area contributed by atoms with Gasteiger partial charge in [-0.15, -0.1) is 0 Å². The second-order valence-electron chi connectivity index (χ2n) is 5.14. The first-order chi connectivity index (χ1) is 9.28. The van der Waals surface area contributed by atoms with Crippen LogP contribution < -0.4 is 15.7 Å². The molecule has 1 aliphatic heterocycles. The number of hydrogen-bond acceptors (Lipinski definition) is 3. The molecule has 0 saturated carbocycles. The van der Waals surface area contributed by atoms with Gasteiger partial charge in [-0.05, 0) is 44.0 Å². The number of piperidine rings is 1. The normalized spacial score (nSPS) is 19.7. The zero-order valence-electron chi connectivity index (χ0n) is 11.1. The molecule has 5 nitrogen and oxygen atoms in total. The standard InChI is InChI=1S/C14H19N3O2/c1-19-11-4-5-13-12(7-11)16-14(18)17(13)9-10-3-2-6-15-8-10/h4-5,7,10,15H,2-3,6,8-9H2,1H3,(H,16,18). The Morgan fingerprint density at radius 2 is 2.37 bits per heavy atom.